The summed E-state index contributed by atoms with van der Waals surface area (Å²) in [5.41, 5.74) is 5.42. The normalized spacial score (nSPS) is 18.9. The molecule has 7 nitrogen and oxygen atoms in total. The zero-order chi connectivity index (χ0) is 34.4. The van der Waals surface area contributed by atoms with Crippen LogP contribution in [0.4, 0.5) is 0 Å². The molecule has 1 aromatic rings. The number of ether oxygens (including phenoxy) is 3. The van der Waals surface area contributed by atoms with Gasteiger partial charge in [-0.25, -0.2) is 19.4 Å². The maximum Gasteiger partial charge on any atom is 0.339 e. The van der Waals surface area contributed by atoms with E-state index in [4.69, 9.17) is 24.0 Å². The Balaban J connectivity index is 1.21. The van der Waals surface area contributed by atoms with E-state index >= 15 is 0 Å². The Labute approximate surface area is 289 Å². The van der Waals surface area contributed by atoms with Crippen LogP contribution in [0.3, 0.4) is 0 Å². The first kappa shape index (κ1) is 35.6. The van der Waals surface area contributed by atoms with Crippen LogP contribution in [0.2, 0.25) is 0 Å². The maximum absolute atomic E-state index is 13.5. The molecule has 5 rings (SSSR count). The molecule has 0 heterocycles. The second-order valence-corrected chi connectivity index (χ2v) is 12.4. The molecular weight excluding hydrogens is 616 g/mol. The first-order chi connectivity index (χ1) is 23.9. The lowest BCUT2D eigenvalue weighted by Crippen LogP contribution is -2.30. The summed E-state index contributed by atoms with van der Waals surface area (Å²) in [6.07, 6.45) is 26.8. The highest BCUT2D eigenvalue weighted by atomic mass is 17.2. The average Bonchev–Trinajstić information content (AvgIpc) is 3.13. The summed E-state index contributed by atoms with van der Waals surface area (Å²) in [6, 6.07) is 9.66. The van der Waals surface area contributed by atoms with Gasteiger partial charge < -0.3 is 14.2 Å². The number of rotatable bonds is 15. The van der Waals surface area contributed by atoms with Crippen LogP contribution in [0, 0.1) is 0 Å². The highest BCUT2D eigenvalue weighted by Gasteiger charge is 2.33. The van der Waals surface area contributed by atoms with Crippen LogP contribution in [-0.4, -0.2) is 24.6 Å². The van der Waals surface area contributed by atoms with Crippen molar-refractivity contribution < 1.29 is 33.6 Å². The van der Waals surface area contributed by atoms with Gasteiger partial charge in [-0.2, -0.15) is 0 Å². The number of esters is 2. The highest BCUT2D eigenvalue weighted by Crippen LogP contribution is 2.33. The number of hydrogen-bond acceptors (Lipinski definition) is 7. The Kier molecular flexibility index (Phi) is 13.2. The van der Waals surface area contributed by atoms with Crippen molar-refractivity contribution in [3.8, 4) is 0 Å². The standard InChI is InChI=1S/C42H46O7/c1-4-31-17-21-35(22-18-31)41(43)47-38-25-19-32(20-26-38)12-11-29-45-49-40(34-15-9-6-10-16-34)39(33-13-7-5-8-14-33)48-42(44)36-23-27-37(28-24-36)46-30(2)3/h6-7,9-17,19,21,23,25,27,39-40H,2,4-5,8,18,20,22,24,26,28-29H2,1,3H3/b12-11+. The fourth-order valence-corrected chi connectivity index (χ4v) is 5.90. The predicted octanol–water partition coefficient (Wildman–Crippen LogP) is 9.78. The predicted molar refractivity (Wildman–Crippen MR) is 190 cm³/mol. The molecule has 4 aliphatic rings. The molecule has 4 aliphatic carbocycles. The van der Waals surface area contributed by atoms with Crippen LogP contribution in [0.1, 0.15) is 83.3 Å². The largest absolute Gasteiger partial charge is 0.467 e. The molecule has 0 aliphatic heterocycles. The molecule has 7 heteroatoms. The summed E-state index contributed by atoms with van der Waals surface area (Å²) < 4.78 is 17.5. The Morgan fingerprint density at radius 3 is 2.20 bits per heavy atom. The van der Waals surface area contributed by atoms with Crippen LogP contribution in [0.15, 0.2) is 149 Å². The van der Waals surface area contributed by atoms with Gasteiger partial charge in [0.2, 0.25) is 0 Å². The smallest absolute Gasteiger partial charge is 0.339 e. The average molecular weight is 663 g/mol. The van der Waals surface area contributed by atoms with E-state index in [0.717, 1.165) is 66.6 Å². The van der Waals surface area contributed by atoms with Gasteiger partial charge in [-0.05, 0) is 86.8 Å². The van der Waals surface area contributed by atoms with E-state index in [9.17, 15) is 9.59 Å². The van der Waals surface area contributed by atoms with Gasteiger partial charge in [0.25, 0.3) is 0 Å². The van der Waals surface area contributed by atoms with Crippen LogP contribution < -0.4 is 0 Å². The number of hydrogen-bond donors (Lipinski definition) is 0. The van der Waals surface area contributed by atoms with Gasteiger partial charge in [-0.1, -0.05) is 98.0 Å². The summed E-state index contributed by atoms with van der Waals surface area (Å²) >= 11 is 0. The zero-order valence-corrected chi connectivity index (χ0v) is 28.5. The van der Waals surface area contributed by atoms with Crippen LogP contribution in [-0.2, 0) is 33.6 Å². The fourth-order valence-electron chi connectivity index (χ4n) is 5.90. The van der Waals surface area contributed by atoms with Crippen molar-refractivity contribution in [2.24, 2.45) is 0 Å². The summed E-state index contributed by atoms with van der Waals surface area (Å²) in [5.74, 6) is 1.38. The molecule has 0 saturated heterocycles. The van der Waals surface area contributed by atoms with E-state index in [2.05, 4.69) is 25.7 Å². The highest BCUT2D eigenvalue weighted by molar-refractivity contribution is 5.90. The molecule has 256 valence electrons. The van der Waals surface area contributed by atoms with Crippen LogP contribution in [0.5, 0.6) is 0 Å². The van der Waals surface area contributed by atoms with E-state index in [1.54, 1.807) is 19.1 Å². The Morgan fingerprint density at radius 2 is 1.55 bits per heavy atom. The minimum atomic E-state index is -0.727. The third kappa shape index (κ3) is 10.6. The molecule has 0 aromatic heterocycles. The van der Waals surface area contributed by atoms with Crippen molar-refractivity contribution in [2.75, 3.05) is 6.61 Å². The van der Waals surface area contributed by atoms with E-state index in [-0.39, 0.29) is 12.6 Å². The third-order valence-electron chi connectivity index (χ3n) is 8.66. The van der Waals surface area contributed by atoms with Crippen molar-refractivity contribution >= 4 is 11.9 Å². The van der Waals surface area contributed by atoms with Crippen molar-refractivity contribution in [2.45, 2.75) is 83.8 Å². The van der Waals surface area contributed by atoms with Gasteiger partial charge in [0.1, 0.15) is 18.1 Å². The Hall–Kier alpha value is -4.72. The van der Waals surface area contributed by atoms with Crippen molar-refractivity contribution in [3.63, 3.8) is 0 Å². The zero-order valence-electron chi connectivity index (χ0n) is 28.5. The Morgan fingerprint density at radius 1 is 0.816 bits per heavy atom. The number of benzene rings is 1. The Bertz CT molecular complexity index is 1660. The van der Waals surface area contributed by atoms with Gasteiger partial charge >= 0.3 is 11.9 Å². The first-order valence-corrected chi connectivity index (χ1v) is 17.2. The van der Waals surface area contributed by atoms with Gasteiger partial charge in [0.15, 0.2) is 12.2 Å². The molecule has 2 unspecified atom stereocenters. The molecule has 0 bridgehead atoms. The summed E-state index contributed by atoms with van der Waals surface area (Å²) in [7, 11) is 0. The summed E-state index contributed by atoms with van der Waals surface area (Å²) in [5, 5.41) is 0. The summed E-state index contributed by atoms with van der Waals surface area (Å²) in [4.78, 5) is 37.9. The molecular formula is C42H46O7. The number of carbonyl (C=O) groups excluding carboxylic acids is 2. The lowest BCUT2D eigenvalue weighted by atomic mass is 9.94. The van der Waals surface area contributed by atoms with Crippen molar-refractivity contribution in [3.05, 3.63) is 154 Å². The molecule has 0 amide bonds. The second-order valence-electron chi connectivity index (χ2n) is 12.4. The van der Waals surface area contributed by atoms with Crippen LogP contribution >= 0.6 is 0 Å². The number of allylic oxidation sites excluding steroid dienone is 14. The first-order valence-electron chi connectivity index (χ1n) is 17.2. The third-order valence-corrected chi connectivity index (χ3v) is 8.66. The van der Waals surface area contributed by atoms with Crippen LogP contribution in [0.25, 0.3) is 0 Å². The topological polar surface area (TPSA) is 80.3 Å². The molecule has 0 radical (unpaired) electrons. The molecule has 2 atom stereocenters. The van der Waals surface area contributed by atoms with Gasteiger partial charge in [0, 0.05) is 24.0 Å². The fraction of sp³-hybridized carbons (Fsp3) is 0.333. The second kappa shape index (κ2) is 18.2. The van der Waals surface area contributed by atoms with E-state index in [0.29, 0.717) is 36.4 Å². The lowest BCUT2D eigenvalue weighted by molar-refractivity contribution is -0.332. The summed E-state index contributed by atoms with van der Waals surface area (Å²) in [6.45, 7) is 7.90. The SMILES string of the molecule is C=C(C)OC1=CC=C(C(=O)OC(C2=CCCC=C2)C(OOC/C=C/C2=CC=C(OC(=O)C3=CC=C(CC)CC3)CC2)c2ccccc2)CC1. The van der Waals surface area contributed by atoms with Crippen molar-refractivity contribution in [1.82, 2.24) is 0 Å². The van der Waals surface area contributed by atoms with Gasteiger partial charge in [-0.15, -0.1) is 0 Å². The number of carbonyl (C=O) groups is 2. The van der Waals surface area contributed by atoms with E-state index < -0.39 is 18.2 Å². The molecule has 0 N–H and O–H groups in total. The lowest BCUT2D eigenvalue weighted by Gasteiger charge is -2.29. The minimum Gasteiger partial charge on any atom is -0.467 e. The van der Waals surface area contributed by atoms with Gasteiger partial charge in [-0.3, -0.25) is 0 Å². The monoisotopic (exact) mass is 662 g/mol. The van der Waals surface area contributed by atoms with E-state index in [1.165, 1.54) is 5.57 Å². The van der Waals surface area contributed by atoms with Gasteiger partial charge in [0.05, 0.1) is 5.76 Å². The quantitative estimate of drug-likeness (QED) is 0.0608. The molecule has 0 saturated carbocycles. The molecule has 49 heavy (non-hydrogen) atoms. The molecule has 0 fully saturated rings. The minimum absolute atomic E-state index is 0.185. The maximum atomic E-state index is 13.5. The van der Waals surface area contributed by atoms with Crippen molar-refractivity contribution in [1.29, 1.82) is 0 Å². The van der Waals surface area contributed by atoms with E-state index in [1.807, 2.05) is 72.9 Å². The molecule has 1 aromatic carbocycles. The molecule has 0 spiro atoms.